The standard InChI is InChI=1S/C16H29N3O/c20-16(7-11-18-9-1-2-10-18)19(15-5-6-15)13-14-4-3-8-17-12-14/h14-15,17H,1-13H2. The van der Waals surface area contributed by atoms with Crippen LogP contribution in [0.1, 0.15) is 44.9 Å². The van der Waals surface area contributed by atoms with Crippen molar-refractivity contribution in [2.75, 3.05) is 39.3 Å². The minimum absolute atomic E-state index is 0.407. The predicted octanol–water partition coefficient (Wildman–Crippen LogP) is 1.46. The van der Waals surface area contributed by atoms with Crippen molar-refractivity contribution < 1.29 is 4.79 Å². The van der Waals surface area contributed by atoms with E-state index in [9.17, 15) is 4.79 Å². The zero-order chi connectivity index (χ0) is 13.8. The Morgan fingerprint density at radius 2 is 1.95 bits per heavy atom. The fourth-order valence-corrected chi connectivity index (χ4v) is 3.60. The van der Waals surface area contributed by atoms with Crippen molar-refractivity contribution in [3.05, 3.63) is 0 Å². The number of piperidine rings is 1. The van der Waals surface area contributed by atoms with Crippen molar-refractivity contribution in [2.45, 2.75) is 51.0 Å². The van der Waals surface area contributed by atoms with Crippen LogP contribution in [-0.2, 0) is 4.79 Å². The van der Waals surface area contributed by atoms with Crippen LogP contribution in [0.3, 0.4) is 0 Å². The third kappa shape index (κ3) is 3.95. The van der Waals surface area contributed by atoms with E-state index >= 15 is 0 Å². The summed E-state index contributed by atoms with van der Waals surface area (Å²) in [6, 6.07) is 0.572. The second-order valence-corrected chi connectivity index (χ2v) is 6.79. The molecule has 1 amide bonds. The highest BCUT2D eigenvalue weighted by Gasteiger charge is 2.34. The summed E-state index contributed by atoms with van der Waals surface area (Å²) in [5, 5.41) is 3.47. The van der Waals surface area contributed by atoms with E-state index in [4.69, 9.17) is 0 Å². The van der Waals surface area contributed by atoms with Gasteiger partial charge in [-0.15, -0.1) is 0 Å². The SMILES string of the molecule is O=C(CCN1CCCC1)N(CC1CCCNC1)C1CC1. The third-order valence-electron chi connectivity index (χ3n) is 5.00. The Morgan fingerprint density at radius 3 is 2.60 bits per heavy atom. The highest BCUT2D eigenvalue weighted by atomic mass is 16.2. The summed E-state index contributed by atoms with van der Waals surface area (Å²) in [5.74, 6) is 1.09. The molecule has 20 heavy (non-hydrogen) atoms. The molecule has 3 rings (SSSR count). The minimum Gasteiger partial charge on any atom is -0.339 e. The van der Waals surface area contributed by atoms with Gasteiger partial charge in [-0.25, -0.2) is 0 Å². The van der Waals surface area contributed by atoms with Gasteiger partial charge in [0.05, 0.1) is 0 Å². The van der Waals surface area contributed by atoms with Gasteiger partial charge < -0.3 is 15.1 Å². The second kappa shape index (κ2) is 6.90. The lowest BCUT2D eigenvalue weighted by Crippen LogP contribution is -2.43. The number of rotatable bonds is 6. The Balaban J connectivity index is 1.46. The summed E-state index contributed by atoms with van der Waals surface area (Å²) >= 11 is 0. The van der Waals surface area contributed by atoms with Crippen molar-refractivity contribution in [1.29, 1.82) is 0 Å². The summed E-state index contributed by atoms with van der Waals surface area (Å²) in [7, 11) is 0. The molecule has 1 saturated carbocycles. The quantitative estimate of drug-likeness (QED) is 0.799. The molecule has 2 aliphatic heterocycles. The van der Waals surface area contributed by atoms with E-state index in [1.54, 1.807) is 0 Å². The van der Waals surface area contributed by atoms with Gasteiger partial charge in [-0.2, -0.15) is 0 Å². The molecule has 1 N–H and O–H groups in total. The Labute approximate surface area is 122 Å². The molecular formula is C16H29N3O. The number of nitrogens with one attached hydrogen (secondary N) is 1. The molecule has 4 heteroatoms. The molecule has 0 aromatic heterocycles. The highest BCUT2D eigenvalue weighted by molar-refractivity contribution is 5.77. The first-order valence-electron chi connectivity index (χ1n) is 8.55. The van der Waals surface area contributed by atoms with Gasteiger partial charge in [0.1, 0.15) is 0 Å². The summed E-state index contributed by atoms with van der Waals surface area (Å²) in [5.41, 5.74) is 0. The fourth-order valence-electron chi connectivity index (χ4n) is 3.60. The van der Waals surface area contributed by atoms with Gasteiger partial charge >= 0.3 is 0 Å². The van der Waals surface area contributed by atoms with Crippen LogP contribution in [0.25, 0.3) is 0 Å². The molecule has 114 valence electrons. The topological polar surface area (TPSA) is 35.6 Å². The molecule has 0 bridgehead atoms. The smallest absolute Gasteiger partial charge is 0.224 e. The number of amides is 1. The van der Waals surface area contributed by atoms with Crippen molar-refractivity contribution in [3.63, 3.8) is 0 Å². The Bertz CT molecular complexity index is 318. The highest BCUT2D eigenvalue weighted by Crippen LogP contribution is 2.29. The molecule has 1 atom stereocenters. The van der Waals surface area contributed by atoms with E-state index in [0.29, 0.717) is 17.9 Å². The molecule has 4 nitrogen and oxygen atoms in total. The largest absolute Gasteiger partial charge is 0.339 e. The first kappa shape index (κ1) is 14.3. The maximum Gasteiger partial charge on any atom is 0.224 e. The van der Waals surface area contributed by atoms with E-state index in [1.807, 2.05) is 0 Å². The lowest BCUT2D eigenvalue weighted by molar-refractivity contribution is -0.132. The van der Waals surface area contributed by atoms with E-state index in [1.165, 1.54) is 51.6 Å². The zero-order valence-electron chi connectivity index (χ0n) is 12.6. The normalized spacial score (nSPS) is 27.7. The Morgan fingerprint density at radius 1 is 1.15 bits per heavy atom. The molecule has 1 aliphatic carbocycles. The molecule has 1 unspecified atom stereocenters. The van der Waals surface area contributed by atoms with Gasteiger partial charge in [0.25, 0.3) is 0 Å². The van der Waals surface area contributed by atoms with Gasteiger partial charge in [-0.3, -0.25) is 4.79 Å². The van der Waals surface area contributed by atoms with Gasteiger partial charge in [0.2, 0.25) is 5.91 Å². The monoisotopic (exact) mass is 279 g/mol. The van der Waals surface area contributed by atoms with Crippen molar-refractivity contribution >= 4 is 5.91 Å². The van der Waals surface area contributed by atoms with E-state index in [-0.39, 0.29) is 0 Å². The Hall–Kier alpha value is -0.610. The molecule has 0 aromatic carbocycles. The number of carbonyl (C=O) groups is 1. The molecule has 0 aromatic rings. The van der Waals surface area contributed by atoms with Crippen LogP contribution in [0.4, 0.5) is 0 Å². The van der Waals surface area contributed by atoms with Gasteiger partial charge in [-0.1, -0.05) is 0 Å². The maximum absolute atomic E-state index is 12.5. The summed E-state index contributed by atoms with van der Waals surface area (Å²) in [4.78, 5) is 17.2. The van der Waals surface area contributed by atoms with Crippen molar-refractivity contribution in [1.82, 2.24) is 15.1 Å². The zero-order valence-corrected chi connectivity index (χ0v) is 12.6. The summed E-state index contributed by atoms with van der Waals surface area (Å²) in [6.07, 6.45) is 8.38. The van der Waals surface area contributed by atoms with Crippen LogP contribution in [0.5, 0.6) is 0 Å². The van der Waals surface area contributed by atoms with Crippen LogP contribution in [-0.4, -0.2) is 61.0 Å². The molecule has 2 heterocycles. The maximum atomic E-state index is 12.5. The molecule has 2 saturated heterocycles. The average molecular weight is 279 g/mol. The lowest BCUT2D eigenvalue weighted by atomic mass is 9.99. The predicted molar refractivity (Wildman–Crippen MR) is 80.6 cm³/mol. The van der Waals surface area contributed by atoms with Crippen molar-refractivity contribution in [3.8, 4) is 0 Å². The average Bonchev–Trinajstić information content (AvgIpc) is 3.19. The molecule has 3 aliphatic rings. The number of likely N-dealkylation sites (tertiary alicyclic amines) is 1. The third-order valence-corrected chi connectivity index (χ3v) is 5.00. The number of carbonyl (C=O) groups excluding carboxylic acids is 1. The summed E-state index contributed by atoms with van der Waals surface area (Å²) in [6.45, 7) is 6.62. The first-order chi connectivity index (χ1) is 9.83. The Kier molecular flexibility index (Phi) is 4.94. The second-order valence-electron chi connectivity index (χ2n) is 6.79. The number of hydrogen-bond donors (Lipinski definition) is 1. The minimum atomic E-state index is 0.407. The van der Waals surface area contributed by atoms with Crippen LogP contribution >= 0.6 is 0 Å². The van der Waals surface area contributed by atoms with Gasteiger partial charge in [0.15, 0.2) is 0 Å². The lowest BCUT2D eigenvalue weighted by Gasteiger charge is -2.31. The number of nitrogens with zero attached hydrogens (tertiary/aromatic N) is 2. The van der Waals surface area contributed by atoms with E-state index in [0.717, 1.165) is 32.6 Å². The fraction of sp³-hybridized carbons (Fsp3) is 0.938. The van der Waals surface area contributed by atoms with Crippen LogP contribution in [0.15, 0.2) is 0 Å². The van der Waals surface area contributed by atoms with Crippen LogP contribution < -0.4 is 5.32 Å². The molecular weight excluding hydrogens is 250 g/mol. The molecule has 3 fully saturated rings. The first-order valence-corrected chi connectivity index (χ1v) is 8.55. The van der Waals surface area contributed by atoms with Crippen LogP contribution in [0.2, 0.25) is 0 Å². The van der Waals surface area contributed by atoms with E-state index < -0.39 is 0 Å². The van der Waals surface area contributed by atoms with Gasteiger partial charge in [-0.05, 0) is 70.6 Å². The van der Waals surface area contributed by atoms with E-state index in [2.05, 4.69) is 15.1 Å². The molecule has 0 spiro atoms. The van der Waals surface area contributed by atoms with Crippen molar-refractivity contribution in [2.24, 2.45) is 5.92 Å². The molecule has 0 radical (unpaired) electrons. The summed E-state index contributed by atoms with van der Waals surface area (Å²) < 4.78 is 0. The van der Waals surface area contributed by atoms with Crippen LogP contribution in [0, 0.1) is 5.92 Å². The number of hydrogen-bond acceptors (Lipinski definition) is 3. The van der Waals surface area contributed by atoms with Gasteiger partial charge in [0, 0.05) is 25.6 Å².